The average Bonchev–Trinajstić information content (AvgIpc) is 3.72. The number of nitrogens with zero attached hydrogens (tertiary/aromatic N) is 8. The van der Waals surface area contributed by atoms with Crippen LogP contribution in [0.4, 0.5) is 11.4 Å². The number of amides is 2. The van der Waals surface area contributed by atoms with Crippen molar-refractivity contribution in [1.29, 1.82) is 0 Å². The number of carbonyl (C=O) groups excluding carboxylic acids is 3. The van der Waals surface area contributed by atoms with Crippen LogP contribution < -0.4 is 20.5 Å². The van der Waals surface area contributed by atoms with E-state index in [1.165, 1.54) is 37.7 Å². The predicted molar refractivity (Wildman–Crippen MR) is 310 cm³/mol. The molecule has 2 N–H and O–H groups in total. The summed E-state index contributed by atoms with van der Waals surface area (Å²) in [5, 5.41) is 6.29. The van der Waals surface area contributed by atoms with E-state index in [1.54, 1.807) is 12.1 Å². The van der Waals surface area contributed by atoms with Crippen molar-refractivity contribution < 1.29 is 42.6 Å². The van der Waals surface area contributed by atoms with Crippen LogP contribution in [0.15, 0.2) is 41.9 Å². The summed E-state index contributed by atoms with van der Waals surface area (Å²) < 4.78 is 34.7. The molecule has 18 nitrogen and oxygen atoms in total. The molecule has 81 heavy (non-hydrogen) atoms. The van der Waals surface area contributed by atoms with Gasteiger partial charge in [-0.1, -0.05) is 20.3 Å². The Morgan fingerprint density at radius 3 is 2.35 bits per heavy atom. The number of fused-ring (bicyclic) bond motifs is 9. The van der Waals surface area contributed by atoms with Crippen molar-refractivity contribution in [2.75, 3.05) is 122 Å². The summed E-state index contributed by atoms with van der Waals surface area (Å²) in [6.45, 7) is 22.4. The number of hydrazine groups is 1. The zero-order valence-corrected chi connectivity index (χ0v) is 49.4. The first-order valence-corrected chi connectivity index (χ1v) is 31.4. The van der Waals surface area contributed by atoms with Crippen LogP contribution in [0.5, 0.6) is 0 Å². The predicted octanol–water partition coefficient (Wildman–Crippen LogP) is 6.55. The third-order valence-corrected chi connectivity index (χ3v) is 21.4. The second-order valence-corrected chi connectivity index (χ2v) is 26.4. The fraction of sp³-hybridized carbons (Fsp3) is 0.714. The standard InChI is InChI=1S/C63H90N10O8/c1-7-70-51-16-15-45-35-47(51)49(57(70)48-36-46(38-64-54(48)42(3)77-6)68-25-23-67(24-26-68)44-13-14-44)37-62(4,5)40-81-61(76)50-11-8-22-72(66-50)60(75)55-58(52-39-69(45)27-32-80-52)73(28-33-79-34-29-73)41(2)56(59(74)65-55)71-21-9-12-53(71)63(19-10-20-63)43-17-30-78-31-18-43/h15-16,35-36,38,42-44,50,52-53,55,58,66H,7-14,17-34,37,39-40H2,1-6H3/p+1/t42-,50-,52+,53+,55-,58+/m0/s1. The molecule has 2 aromatic heterocycles. The fourth-order valence-electron chi connectivity index (χ4n) is 16.8. The molecule has 6 atom stereocenters. The summed E-state index contributed by atoms with van der Waals surface area (Å²) in [5.41, 5.74) is 12.4. The summed E-state index contributed by atoms with van der Waals surface area (Å²) in [4.78, 5) is 61.6. The number of carbonyl (C=O) groups is 3. The monoisotopic (exact) mass is 1120 g/mol. The largest absolute Gasteiger partial charge is 0.464 e. The van der Waals surface area contributed by atoms with Crippen LogP contribution in [0, 0.1) is 16.7 Å². The van der Waals surface area contributed by atoms with E-state index in [-0.39, 0.29) is 42.0 Å². The van der Waals surface area contributed by atoms with Crippen molar-refractivity contribution in [1.82, 2.24) is 35.1 Å². The fourth-order valence-corrected chi connectivity index (χ4v) is 16.8. The molecule has 1 aromatic carbocycles. The number of hydrogen-bond donors (Lipinski definition) is 2. The number of esters is 1. The SMILES string of the molecule is CCn1c(-c2cc(N3CCN(C4CC4)CC3)cnc2[C@H](C)OC)c2c3cc(ccc31)N1CCO[C@H](C1)[C@@H]1[C@H](NC(=O)C(N3CCC[C@@H]3C3(C4CCOCC4)CCC3)=C(C)[N+]13CCOCC3)C(=O)N1CCC[C@H](N1)C(=O)OCC(C)(C)C2. The molecule has 2 amide bonds. The third-order valence-electron chi connectivity index (χ3n) is 21.4. The van der Waals surface area contributed by atoms with Crippen molar-refractivity contribution in [3.8, 4) is 11.3 Å². The van der Waals surface area contributed by atoms with E-state index in [9.17, 15) is 4.79 Å². The summed E-state index contributed by atoms with van der Waals surface area (Å²) in [7, 11) is 1.76. The van der Waals surface area contributed by atoms with Gasteiger partial charge in [0.25, 0.3) is 11.8 Å². The molecule has 6 saturated heterocycles. The third kappa shape index (κ3) is 9.95. The zero-order chi connectivity index (χ0) is 55.8. The lowest BCUT2D eigenvalue weighted by Crippen LogP contribution is -2.74. The number of piperazine rings is 1. The van der Waals surface area contributed by atoms with Crippen LogP contribution >= 0.6 is 0 Å². The first kappa shape index (κ1) is 55.4. The second kappa shape index (κ2) is 22.3. The Balaban J connectivity index is 0.936. The minimum Gasteiger partial charge on any atom is -0.464 e. The molecular formula is C63H91N10O8+. The van der Waals surface area contributed by atoms with Gasteiger partial charge in [-0.2, -0.15) is 0 Å². The van der Waals surface area contributed by atoms with Gasteiger partial charge in [-0.3, -0.25) is 33.8 Å². The molecule has 0 radical (unpaired) electrons. The number of aromatic nitrogens is 2. The van der Waals surface area contributed by atoms with Crippen LogP contribution in [-0.4, -0.2) is 195 Å². The van der Waals surface area contributed by atoms with Gasteiger partial charge in [0.15, 0.2) is 17.8 Å². The van der Waals surface area contributed by atoms with E-state index < -0.39 is 29.6 Å². The number of nitrogens with one attached hydrogen (secondary N) is 2. The van der Waals surface area contributed by atoms with Crippen LogP contribution in [0.25, 0.3) is 22.2 Å². The Kier molecular flexibility index (Phi) is 15.2. The minimum absolute atomic E-state index is 0.131. The van der Waals surface area contributed by atoms with Gasteiger partial charge in [-0.25, -0.2) is 5.43 Å². The van der Waals surface area contributed by atoms with Crippen molar-refractivity contribution in [3.05, 3.63) is 53.1 Å². The van der Waals surface area contributed by atoms with Crippen molar-refractivity contribution in [2.45, 2.75) is 161 Å². The molecule has 0 unspecified atom stereocenters. The maximum Gasteiger partial charge on any atom is 0.324 e. The lowest BCUT2D eigenvalue weighted by Gasteiger charge is -2.56. The summed E-state index contributed by atoms with van der Waals surface area (Å²) >= 11 is 0. The van der Waals surface area contributed by atoms with Crippen LogP contribution in [0.1, 0.15) is 123 Å². The highest BCUT2D eigenvalue weighted by Gasteiger charge is 2.60. The molecular weight excluding hydrogens is 1020 g/mol. The number of cyclic esters (lactones) is 1. The van der Waals surface area contributed by atoms with Gasteiger partial charge in [-0.05, 0) is 126 Å². The van der Waals surface area contributed by atoms with Gasteiger partial charge in [0.1, 0.15) is 30.9 Å². The Bertz CT molecular complexity index is 2880. The lowest BCUT2D eigenvalue weighted by molar-refractivity contribution is -0.927. The highest BCUT2D eigenvalue weighted by Crippen LogP contribution is 2.58. The summed E-state index contributed by atoms with van der Waals surface area (Å²) in [6, 6.07) is 8.04. The van der Waals surface area contributed by atoms with Gasteiger partial charge in [0.2, 0.25) is 0 Å². The number of methoxy groups -OCH3 is 1. The van der Waals surface area contributed by atoms with E-state index >= 15 is 9.59 Å². The smallest absolute Gasteiger partial charge is 0.324 e. The molecule has 13 rings (SSSR count). The van der Waals surface area contributed by atoms with Crippen LogP contribution in [0.3, 0.4) is 0 Å². The molecule has 2 aliphatic carbocycles. The first-order chi connectivity index (χ1) is 39.3. The maximum absolute atomic E-state index is 15.9. The molecule has 8 fully saturated rings. The molecule has 440 valence electrons. The van der Waals surface area contributed by atoms with E-state index in [4.69, 9.17) is 28.7 Å². The lowest BCUT2D eigenvalue weighted by atomic mass is 9.54. The summed E-state index contributed by atoms with van der Waals surface area (Å²) in [5.74, 6) is -0.262. The highest BCUT2D eigenvalue weighted by atomic mass is 16.5. The number of pyridine rings is 1. The molecule has 1 spiro atoms. The van der Waals surface area contributed by atoms with E-state index in [0.29, 0.717) is 82.2 Å². The Morgan fingerprint density at radius 2 is 1.62 bits per heavy atom. The molecule has 6 bridgehead atoms. The molecule has 2 saturated carbocycles. The van der Waals surface area contributed by atoms with Crippen molar-refractivity contribution in [3.63, 3.8) is 0 Å². The van der Waals surface area contributed by atoms with E-state index in [2.05, 4.69) is 93.8 Å². The number of benzene rings is 1. The topological polar surface area (TPSA) is 155 Å². The first-order valence-electron chi connectivity index (χ1n) is 31.4. The second-order valence-electron chi connectivity index (χ2n) is 26.4. The molecule has 18 heteroatoms. The van der Waals surface area contributed by atoms with Crippen molar-refractivity contribution >= 4 is 40.1 Å². The number of rotatable bonds is 9. The Labute approximate surface area is 479 Å². The maximum atomic E-state index is 15.9. The van der Waals surface area contributed by atoms with Gasteiger partial charge >= 0.3 is 5.97 Å². The normalized spacial score (nSPS) is 30.0. The number of quaternary nitrogens is 1. The van der Waals surface area contributed by atoms with Gasteiger partial charge in [0, 0.05) is 119 Å². The van der Waals surface area contributed by atoms with Crippen LogP contribution in [0.2, 0.25) is 0 Å². The number of morpholine rings is 2. The quantitative estimate of drug-likeness (QED) is 0.176. The van der Waals surface area contributed by atoms with Gasteiger partial charge < -0.3 is 48.3 Å². The number of ether oxygens (including phenoxy) is 5. The van der Waals surface area contributed by atoms with E-state index in [0.717, 1.165) is 135 Å². The number of aryl methyl sites for hydroxylation is 1. The van der Waals surface area contributed by atoms with Gasteiger partial charge in [-0.15, -0.1) is 0 Å². The van der Waals surface area contributed by atoms with Gasteiger partial charge in [0.05, 0.1) is 62.3 Å². The van der Waals surface area contributed by atoms with E-state index in [1.807, 2.05) is 6.20 Å². The Morgan fingerprint density at radius 1 is 0.852 bits per heavy atom. The molecule has 10 heterocycles. The van der Waals surface area contributed by atoms with Crippen molar-refractivity contribution in [2.24, 2.45) is 16.7 Å². The summed E-state index contributed by atoms with van der Waals surface area (Å²) in [6.07, 6.45) is 13.4. The molecule has 3 aromatic rings. The molecule has 10 aliphatic rings. The Hall–Kier alpha value is -4.82. The van der Waals surface area contributed by atoms with Crippen LogP contribution in [-0.2, 0) is 51.0 Å². The number of anilines is 2. The minimum atomic E-state index is -0.979. The molecule has 8 aliphatic heterocycles. The number of allylic oxidation sites excluding steroid dienone is 1. The average molecular weight is 1120 g/mol. The number of hydrogen-bond acceptors (Lipinski definition) is 14. The zero-order valence-electron chi connectivity index (χ0n) is 49.4. The highest BCUT2D eigenvalue weighted by molar-refractivity contribution is 5.98. The number of likely N-dealkylation sites (tertiary alicyclic amines) is 1.